The maximum Gasteiger partial charge on any atom is 0.174 e. The van der Waals surface area contributed by atoms with E-state index in [0.29, 0.717) is 12.1 Å². The fourth-order valence-electron chi connectivity index (χ4n) is 4.27. The Hall–Kier alpha value is -1.95. The van der Waals surface area contributed by atoms with Crippen molar-refractivity contribution in [3.63, 3.8) is 0 Å². The lowest BCUT2D eigenvalue weighted by molar-refractivity contribution is -0.0322. The van der Waals surface area contributed by atoms with Crippen LogP contribution in [0.3, 0.4) is 0 Å². The highest BCUT2D eigenvalue weighted by atomic mass is 16.5. The van der Waals surface area contributed by atoms with Gasteiger partial charge in [-0.15, -0.1) is 0 Å². The Morgan fingerprint density at radius 1 is 1.04 bits per heavy atom. The first kappa shape index (κ1) is 17.5. The molecule has 2 atom stereocenters. The van der Waals surface area contributed by atoms with Gasteiger partial charge in [-0.1, -0.05) is 25.7 Å². The van der Waals surface area contributed by atoms with Crippen LogP contribution in [0.25, 0.3) is 5.82 Å². The molecule has 0 bridgehead atoms. The SMILES string of the molecule is Cc1cc(C)n(-c2cncc(N[C@@H]3CCCC[C@H]3OC3CCCC3)n2)n1. The van der Waals surface area contributed by atoms with Gasteiger partial charge in [0.2, 0.25) is 0 Å². The van der Waals surface area contributed by atoms with Gasteiger partial charge in [-0.3, -0.25) is 4.98 Å². The number of aryl methyl sites for hydroxylation is 2. The third-order valence-electron chi connectivity index (χ3n) is 5.55. The van der Waals surface area contributed by atoms with Crippen molar-refractivity contribution in [3.05, 3.63) is 29.8 Å². The van der Waals surface area contributed by atoms with Crippen molar-refractivity contribution in [1.29, 1.82) is 0 Å². The largest absolute Gasteiger partial charge is 0.373 e. The summed E-state index contributed by atoms with van der Waals surface area (Å²) in [4.78, 5) is 9.13. The second-order valence-corrected chi connectivity index (χ2v) is 7.72. The predicted octanol–water partition coefficient (Wildman–Crippen LogP) is 3.96. The first-order chi connectivity index (χ1) is 12.7. The van der Waals surface area contributed by atoms with Crippen LogP contribution in [0.5, 0.6) is 0 Å². The summed E-state index contributed by atoms with van der Waals surface area (Å²) in [6.45, 7) is 4.03. The molecule has 0 aromatic carbocycles. The van der Waals surface area contributed by atoms with Crippen LogP contribution in [0, 0.1) is 13.8 Å². The van der Waals surface area contributed by atoms with Gasteiger partial charge in [-0.05, 0) is 45.6 Å². The normalized spacial score (nSPS) is 24.1. The molecule has 2 heterocycles. The summed E-state index contributed by atoms with van der Waals surface area (Å²) in [6, 6.07) is 2.36. The number of anilines is 1. The molecule has 2 aromatic rings. The molecule has 0 saturated heterocycles. The molecule has 140 valence electrons. The molecule has 4 rings (SSSR count). The van der Waals surface area contributed by atoms with Crippen LogP contribution in [0.4, 0.5) is 5.82 Å². The van der Waals surface area contributed by atoms with Crippen LogP contribution in [-0.4, -0.2) is 38.0 Å². The van der Waals surface area contributed by atoms with Gasteiger partial charge in [-0.2, -0.15) is 5.10 Å². The van der Waals surface area contributed by atoms with Crippen LogP contribution < -0.4 is 5.32 Å². The Morgan fingerprint density at radius 3 is 2.58 bits per heavy atom. The first-order valence-corrected chi connectivity index (χ1v) is 9.97. The second-order valence-electron chi connectivity index (χ2n) is 7.72. The van der Waals surface area contributed by atoms with E-state index in [1.54, 1.807) is 12.4 Å². The average Bonchev–Trinajstić information content (AvgIpc) is 3.26. The van der Waals surface area contributed by atoms with E-state index < -0.39 is 0 Å². The fraction of sp³-hybridized carbons (Fsp3) is 0.650. The molecule has 6 heteroatoms. The predicted molar refractivity (Wildman–Crippen MR) is 102 cm³/mol. The van der Waals surface area contributed by atoms with Gasteiger partial charge < -0.3 is 10.1 Å². The number of hydrogen-bond acceptors (Lipinski definition) is 5. The summed E-state index contributed by atoms with van der Waals surface area (Å²) in [6.07, 6.45) is 14.1. The Balaban J connectivity index is 1.48. The minimum absolute atomic E-state index is 0.283. The fourth-order valence-corrected chi connectivity index (χ4v) is 4.27. The molecule has 0 amide bonds. The zero-order chi connectivity index (χ0) is 17.9. The van der Waals surface area contributed by atoms with Crippen molar-refractivity contribution in [1.82, 2.24) is 19.7 Å². The zero-order valence-corrected chi connectivity index (χ0v) is 15.8. The summed E-state index contributed by atoms with van der Waals surface area (Å²) < 4.78 is 8.29. The van der Waals surface area contributed by atoms with E-state index in [4.69, 9.17) is 9.72 Å². The van der Waals surface area contributed by atoms with E-state index >= 15 is 0 Å². The second kappa shape index (κ2) is 7.74. The molecule has 2 aliphatic carbocycles. The quantitative estimate of drug-likeness (QED) is 0.879. The van der Waals surface area contributed by atoms with E-state index in [1.807, 2.05) is 24.6 Å². The van der Waals surface area contributed by atoms with E-state index in [2.05, 4.69) is 15.4 Å². The zero-order valence-electron chi connectivity index (χ0n) is 15.8. The van der Waals surface area contributed by atoms with E-state index in [-0.39, 0.29) is 6.10 Å². The van der Waals surface area contributed by atoms with Crippen LogP contribution in [0.2, 0.25) is 0 Å². The minimum Gasteiger partial charge on any atom is -0.373 e. The van der Waals surface area contributed by atoms with Gasteiger partial charge in [0.15, 0.2) is 5.82 Å². The minimum atomic E-state index is 0.283. The lowest BCUT2D eigenvalue weighted by Gasteiger charge is -2.34. The standard InChI is InChI=1S/C20H29N5O/c1-14-11-15(2)25(24-14)20-13-21-12-19(23-20)22-17-9-5-6-10-18(17)26-16-7-3-4-8-16/h11-13,16-18H,3-10H2,1-2H3,(H,22,23)/t17-,18-/m1/s1. The summed E-state index contributed by atoms with van der Waals surface area (Å²) in [5, 5.41) is 8.12. The van der Waals surface area contributed by atoms with Gasteiger partial charge in [0.05, 0.1) is 36.3 Å². The van der Waals surface area contributed by atoms with Crippen molar-refractivity contribution in [2.75, 3.05) is 5.32 Å². The molecule has 2 aliphatic rings. The van der Waals surface area contributed by atoms with Crippen molar-refractivity contribution in [3.8, 4) is 5.82 Å². The summed E-state index contributed by atoms with van der Waals surface area (Å²) in [5.41, 5.74) is 2.05. The molecular weight excluding hydrogens is 326 g/mol. The molecule has 0 radical (unpaired) electrons. The van der Waals surface area contributed by atoms with Gasteiger partial charge >= 0.3 is 0 Å². The Labute approximate surface area is 155 Å². The van der Waals surface area contributed by atoms with E-state index in [0.717, 1.165) is 35.9 Å². The Kier molecular flexibility index (Phi) is 5.20. The number of nitrogens with one attached hydrogen (secondary N) is 1. The maximum absolute atomic E-state index is 6.45. The van der Waals surface area contributed by atoms with Crippen molar-refractivity contribution in [2.24, 2.45) is 0 Å². The highest BCUT2D eigenvalue weighted by Gasteiger charge is 2.29. The van der Waals surface area contributed by atoms with E-state index in [1.165, 1.54) is 38.5 Å². The molecule has 6 nitrogen and oxygen atoms in total. The van der Waals surface area contributed by atoms with Gasteiger partial charge in [0.1, 0.15) is 5.82 Å². The maximum atomic E-state index is 6.45. The van der Waals surface area contributed by atoms with Crippen LogP contribution in [0.1, 0.15) is 62.8 Å². The van der Waals surface area contributed by atoms with Crippen LogP contribution in [-0.2, 0) is 4.74 Å². The topological polar surface area (TPSA) is 64.9 Å². The molecule has 2 aromatic heterocycles. The first-order valence-electron chi connectivity index (χ1n) is 9.97. The van der Waals surface area contributed by atoms with Crippen molar-refractivity contribution < 1.29 is 4.74 Å². The van der Waals surface area contributed by atoms with Crippen molar-refractivity contribution in [2.45, 2.75) is 83.5 Å². The van der Waals surface area contributed by atoms with Crippen LogP contribution in [0.15, 0.2) is 18.5 Å². The average molecular weight is 355 g/mol. The molecule has 1 N–H and O–H groups in total. The molecule has 2 fully saturated rings. The lowest BCUT2D eigenvalue weighted by atomic mass is 9.92. The summed E-state index contributed by atoms with van der Waals surface area (Å²) in [7, 11) is 0. The molecule has 2 saturated carbocycles. The third-order valence-corrected chi connectivity index (χ3v) is 5.55. The van der Waals surface area contributed by atoms with Gasteiger partial charge in [-0.25, -0.2) is 9.67 Å². The smallest absolute Gasteiger partial charge is 0.174 e. The van der Waals surface area contributed by atoms with Crippen molar-refractivity contribution >= 4 is 5.82 Å². The summed E-state index contributed by atoms with van der Waals surface area (Å²) >= 11 is 0. The third kappa shape index (κ3) is 3.90. The van der Waals surface area contributed by atoms with Crippen LogP contribution >= 0.6 is 0 Å². The molecule has 0 aliphatic heterocycles. The number of ether oxygens (including phenoxy) is 1. The number of nitrogens with zero attached hydrogens (tertiary/aromatic N) is 4. The Bertz CT molecular complexity index is 738. The molecule has 0 spiro atoms. The van der Waals surface area contributed by atoms with E-state index in [9.17, 15) is 0 Å². The van der Waals surface area contributed by atoms with Gasteiger partial charge in [0, 0.05) is 5.69 Å². The monoisotopic (exact) mass is 355 g/mol. The highest BCUT2D eigenvalue weighted by Crippen LogP contribution is 2.29. The number of aromatic nitrogens is 4. The molecular formula is C20H29N5O. The number of hydrogen-bond donors (Lipinski definition) is 1. The number of rotatable bonds is 5. The molecule has 0 unspecified atom stereocenters. The Morgan fingerprint density at radius 2 is 1.81 bits per heavy atom. The molecule has 26 heavy (non-hydrogen) atoms. The lowest BCUT2D eigenvalue weighted by Crippen LogP contribution is -2.40. The van der Waals surface area contributed by atoms with Gasteiger partial charge in [0.25, 0.3) is 0 Å². The summed E-state index contributed by atoms with van der Waals surface area (Å²) in [5.74, 6) is 1.56. The highest BCUT2D eigenvalue weighted by molar-refractivity contribution is 5.38.